The fourth-order valence-corrected chi connectivity index (χ4v) is 2.54. The molecule has 0 fully saturated rings. The molecular weight excluding hydrogens is 224 g/mol. The molecule has 2 nitrogen and oxygen atoms in total. The van der Waals surface area contributed by atoms with E-state index in [1.54, 1.807) is 7.11 Å². The van der Waals surface area contributed by atoms with Crippen molar-refractivity contribution >= 4 is 0 Å². The zero-order valence-electron chi connectivity index (χ0n) is 12.1. The fraction of sp³-hybridized carbons (Fsp3) is 0.625. The van der Waals surface area contributed by atoms with E-state index in [9.17, 15) is 5.11 Å². The molecule has 0 aliphatic heterocycles. The molecule has 1 unspecified atom stereocenters. The predicted octanol–water partition coefficient (Wildman–Crippen LogP) is 4.25. The summed E-state index contributed by atoms with van der Waals surface area (Å²) >= 11 is 0. The van der Waals surface area contributed by atoms with Gasteiger partial charge in [-0.15, -0.1) is 0 Å². The maximum Gasteiger partial charge on any atom is 0.124 e. The van der Waals surface area contributed by atoms with Crippen LogP contribution >= 0.6 is 0 Å². The maximum absolute atomic E-state index is 10.6. The van der Waals surface area contributed by atoms with Gasteiger partial charge in [0.15, 0.2) is 0 Å². The number of aliphatic hydroxyl groups excluding tert-OH is 1. The number of rotatable bonds is 7. The van der Waals surface area contributed by atoms with Gasteiger partial charge in [-0.25, -0.2) is 0 Å². The van der Waals surface area contributed by atoms with Gasteiger partial charge in [-0.2, -0.15) is 0 Å². The van der Waals surface area contributed by atoms with Gasteiger partial charge in [0, 0.05) is 5.56 Å². The van der Waals surface area contributed by atoms with Gasteiger partial charge >= 0.3 is 0 Å². The second kappa shape index (κ2) is 7.42. The highest BCUT2D eigenvalue weighted by molar-refractivity contribution is 5.38. The van der Waals surface area contributed by atoms with Gasteiger partial charge in [-0.1, -0.05) is 38.3 Å². The molecule has 1 rings (SSSR count). The molecule has 0 saturated carbocycles. The number of methoxy groups -OCH3 is 1. The van der Waals surface area contributed by atoms with Gasteiger partial charge in [-0.3, -0.25) is 0 Å². The number of aryl methyl sites for hydroxylation is 1. The Bertz CT molecular complexity index is 354. The van der Waals surface area contributed by atoms with Crippen LogP contribution in [0.5, 0.6) is 5.75 Å². The Hall–Kier alpha value is -1.02. The van der Waals surface area contributed by atoms with Gasteiger partial charge in [0.25, 0.3) is 0 Å². The zero-order chi connectivity index (χ0) is 13.5. The first-order valence-electron chi connectivity index (χ1n) is 6.96. The molecule has 1 N–H and O–H groups in total. The smallest absolute Gasteiger partial charge is 0.124 e. The van der Waals surface area contributed by atoms with Crippen molar-refractivity contribution in [3.05, 3.63) is 29.3 Å². The summed E-state index contributed by atoms with van der Waals surface area (Å²) in [4.78, 5) is 0. The van der Waals surface area contributed by atoms with Crippen LogP contribution in [0.1, 0.15) is 56.8 Å². The van der Waals surface area contributed by atoms with Crippen molar-refractivity contribution in [1.29, 1.82) is 0 Å². The summed E-state index contributed by atoms with van der Waals surface area (Å²) in [5.74, 6) is 1.13. The standard InChI is InChI=1S/C16H26O2/c1-5-7-13(8-6-2)16(17)14-11-12(3)9-10-15(14)18-4/h9-11,13,16-17H,5-8H2,1-4H3. The molecule has 18 heavy (non-hydrogen) atoms. The van der Waals surface area contributed by atoms with Crippen LogP contribution in [0, 0.1) is 12.8 Å². The summed E-state index contributed by atoms with van der Waals surface area (Å²) in [6, 6.07) is 6.01. The van der Waals surface area contributed by atoms with Crippen LogP contribution < -0.4 is 4.74 Å². The lowest BCUT2D eigenvalue weighted by Crippen LogP contribution is -2.13. The average Bonchev–Trinajstić information content (AvgIpc) is 2.37. The lowest BCUT2D eigenvalue weighted by molar-refractivity contribution is 0.0937. The molecule has 0 spiro atoms. The van der Waals surface area contributed by atoms with Crippen LogP contribution in [-0.2, 0) is 0 Å². The normalized spacial score (nSPS) is 12.8. The topological polar surface area (TPSA) is 29.5 Å². The van der Waals surface area contributed by atoms with Gasteiger partial charge in [0.1, 0.15) is 5.75 Å². The Balaban J connectivity index is 2.98. The third-order valence-corrected chi connectivity index (χ3v) is 3.47. The van der Waals surface area contributed by atoms with E-state index in [0.717, 1.165) is 42.6 Å². The Morgan fingerprint density at radius 3 is 2.28 bits per heavy atom. The minimum Gasteiger partial charge on any atom is -0.496 e. The van der Waals surface area contributed by atoms with Crippen LogP contribution in [0.25, 0.3) is 0 Å². The third kappa shape index (κ3) is 3.74. The summed E-state index contributed by atoms with van der Waals surface area (Å²) in [5.41, 5.74) is 2.10. The van der Waals surface area contributed by atoms with Crippen molar-refractivity contribution in [3.8, 4) is 5.75 Å². The van der Waals surface area contributed by atoms with Crippen molar-refractivity contribution in [1.82, 2.24) is 0 Å². The minimum atomic E-state index is -0.417. The molecule has 0 radical (unpaired) electrons. The zero-order valence-corrected chi connectivity index (χ0v) is 12.1. The Morgan fingerprint density at radius 1 is 1.17 bits per heavy atom. The second-order valence-corrected chi connectivity index (χ2v) is 5.03. The Kier molecular flexibility index (Phi) is 6.20. The van der Waals surface area contributed by atoms with E-state index in [0.29, 0.717) is 5.92 Å². The number of aliphatic hydroxyl groups is 1. The summed E-state index contributed by atoms with van der Waals surface area (Å²) in [6.45, 7) is 6.38. The van der Waals surface area contributed by atoms with E-state index in [-0.39, 0.29) is 0 Å². The molecule has 2 heteroatoms. The van der Waals surface area contributed by atoms with Gasteiger partial charge in [0.05, 0.1) is 13.2 Å². The summed E-state index contributed by atoms with van der Waals surface area (Å²) < 4.78 is 5.37. The summed E-state index contributed by atoms with van der Waals surface area (Å²) in [5, 5.41) is 10.6. The second-order valence-electron chi connectivity index (χ2n) is 5.03. The monoisotopic (exact) mass is 250 g/mol. The first kappa shape index (κ1) is 15.0. The minimum absolute atomic E-state index is 0.329. The molecule has 1 atom stereocenters. The third-order valence-electron chi connectivity index (χ3n) is 3.47. The van der Waals surface area contributed by atoms with E-state index in [1.807, 2.05) is 25.1 Å². The van der Waals surface area contributed by atoms with Crippen molar-refractivity contribution in [2.75, 3.05) is 7.11 Å². The SMILES string of the molecule is CCCC(CCC)C(O)c1cc(C)ccc1OC. The maximum atomic E-state index is 10.6. The average molecular weight is 250 g/mol. The van der Waals surface area contributed by atoms with Crippen LogP contribution in [0.4, 0.5) is 0 Å². The molecular formula is C16H26O2. The van der Waals surface area contributed by atoms with E-state index in [4.69, 9.17) is 4.74 Å². The molecule has 0 aliphatic rings. The van der Waals surface area contributed by atoms with Gasteiger partial charge < -0.3 is 9.84 Å². The molecule has 0 amide bonds. The summed E-state index contributed by atoms with van der Waals surface area (Å²) in [7, 11) is 1.66. The lowest BCUT2D eigenvalue weighted by Gasteiger charge is -2.24. The first-order valence-corrected chi connectivity index (χ1v) is 6.96. The van der Waals surface area contributed by atoms with E-state index in [1.165, 1.54) is 0 Å². The van der Waals surface area contributed by atoms with Crippen LogP contribution in [0.3, 0.4) is 0 Å². The molecule has 0 heterocycles. The van der Waals surface area contributed by atoms with Crippen molar-refractivity contribution in [3.63, 3.8) is 0 Å². The molecule has 0 saturated heterocycles. The molecule has 102 valence electrons. The number of hydrogen-bond acceptors (Lipinski definition) is 2. The predicted molar refractivity (Wildman–Crippen MR) is 76.0 cm³/mol. The van der Waals surface area contributed by atoms with Crippen LogP contribution in [0.15, 0.2) is 18.2 Å². The fourth-order valence-electron chi connectivity index (χ4n) is 2.54. The van der Waals surface area contributed by atoms with Gasteiger partial charge in [-0.05, 0) is 37.8 Å². The van der Waals surface area contributed by atoms with Crippen LogP contribution in [-0.4, -0.2) is 12.2 Å². The van der Waals surface area contributed by atoms with Gasteiger partial charge in [0.2, 0.25) is 0 Å². The van der Waals surface area contributed by atoms with Crippen LogP contribution in [0.2, 0.25) is 0 Å². The lowest BCUT2D eigenvalue weighted by atomic mass is 9.87. The quantitative estimate of drug-likeness (QED) is 0.783. The number of ether oxygens (including phenoxy) is 1. The Labute approximate surface area is 111 Å². The number of hydrogen-bond donors (Lipinski definition) is 1. The highest BCUT2D eigenvalue weighted by atomic mass is 16.5. The highest BCUT2D eigenvalue weighted by Crippen LogP contribution is 2.35. The van der Waals surface area contributed by atoms with Crippen molar-refractivity contribution in [2.45, 2.75) is 52.6 Å². The molecule has 1 aromatic carbocycles. The first-order chi connectivity index (χ1) is 8.63. The van der Waals surface area contributed by atoms with E-state index < -0.39 is 6.10 Å². The molecule has 0 aliphatic carbocycles. The Morgan fingerprint density at radius 2 is 1.78 bits per heavy atom. The summed E-state index contributed by atoms with van der Waals surface area (Å²) in [6.07, 6.45) is 3.92. The molecule has 1 aromatic rings. The van der Waals surface area contributed by atoms with E-state index >= 15 is 0 Å². The van der Waals surface area contributed by atoms with E-state index in [2.05, 4.69) is 13.8 Å². The number of benzene rings is 1. The van der Waals surface area contributed by atoms with Crippen molar-refractivity contribution < 1.29 is 9.84 Å². The molecule has 0 aromatic heterocycles. The molecule has 0 bridgehead atoms. The largest absolute Gasteiger partial charge is 0.496 e. The highest BCUT2D eigenvalue weighted by Gasteiger charge is 2.22. The van der Waals surface area contributed by atoms with Crippen molar-refractivity contribution in [2.24, 2.45) is 5.92 Å².